The normalized spacial score (nSPS) is 11.3. The van der Waals surface area contributed by atoms with Crippen molar-refractivity contribution in [1.29, 1.82) is 0 Å². The minimum absolute atomic E-state index is 0.0864. The molecule has 2 heterocycles. The Bertz CT molecular complexity index is 928. The van der Waals surface area contributed by atoms with Crippen LogP contribution in [0, 0.1) is 0 Å². The van der Waals surface area contributed by atoms with Gasteiger partial charge in [0.05, 0.1) is 21.9 Å². The molecular formula is C14H7Cl2F2N3O2. The van der Waals surface area contributed by atoms with E-state index >= 15 is 0 Å². The van der Waals surface area contributed by atoms with Crippen LogP contribution in [0.2, 0.25) is 10.0 Å². The van der Waals surface area contributed by atoms with Gasteiger partial charge in [-0.2, -0.15) is 5.10 Å². The van der Waals surface area contributed by atoms with Crippen LogP contribution >= 0.6 is 23.2 Å². The van der Waals surface area contributed by atoms with E-state index in [9.17, 15) is 13.6 Å². The van der Waals surface area contributed by atoms with Gasteiger partial charge in [-0.05, 0) is 12.1 Å². The molecule has 3 aromatic rings. The van der Waals surface area contributed by atoms with Crippen molar-refractivity contribution in [2.24, 2.45) is 0 Å². The van der Waals surface area contributed by atoms with E-state index in [0.29, 0.717) is 5.56 Å². The predicted molar refractivity (Wildman–Crippen MR) is 80.4 cm³/mol. The molecule has 5 nitrogen and oxygen atoms in total. The molecule has 9 heteroatoms. The summed E-state index contributed by atoms with van der Waals surface area (Å²) < 4.78 is 27.4. The fraction of sp³-hybridized carbons (Fsp3) is 0.0714. The average Bonchev–Trinajstić information content (AvgIpc) is 2.92. The highest BCUT2D eigenvalue weighted by molar-refractivity contribution is 6.43. The Hall–Kier alpha value is -2.25. The fourth-order valence-electron chi connectivity index (χ4n) is 2.13. The van der Waals surface area contributed by atoms with Crippen molar-refractivity contribution in [3.8, 4) is 11.3 Å². The number of rotatable bonds is 3. The molecule has 1 N–H and O–H groups in total. The molecule has 0 atom stereocenters. The number of nitrogens with zero attached hydrogens (tertiary/aromatic N) is 3. The first kappa shape index (κ1) is 15.6. The maximum Gasteiger partial charge on any atom is 0.341 e. The Kier molecular flexibility index (Phi) is 3.91. The summed E-state index contributed by atoms with van der Waals surface area (Å²) in [6.07, 6.45) is -1.90. The van der Waals surface area contributed by atoms with Crippen LogP contribution in [0.3, 0.4) is 0 Å². The molecule has 1 aromatic carbocycles. The third kappa shape index (κ3) is 2.62. The van der Waals surface area contributed by atoms with E-state index in [-0.39, 0.29) is 26.9 Å². The van der Waals surface area contributed by atoms with Gasteiger partial charge in [-0.15, -0.1) is 0 Å². The highest BCUT2D eigenvalue weighted by atomic mass is 35.5. The third-order valence-electron chi connectivity index (χ3n) is 3.18. The molecule has 0 spiro atoms. The lowest BCUT2D eigenvalue weighted by Crippen LogP contribution is -2.04. The molecule has 0 saturated heterocycles. The second-order valence-corrected chi connectivity index (χ2v) is 5.35. The molecule has 0 aliphatic carbocycles. The average molecular weight is 358 g/mol. The zero-order valence-corrected chi connectivity index (χ0v) is 12.7. The number of hydrogen-bond acceptors (Lipinski definition) is 3. The SMILES string of the molecule is O=C(O)c1cnn2c(C(F)F)cc(-c3cccc(Cl)c3Cl)nc12. The molecule has 118 valence electrons. The smallest absolute Gasteiger partial charge is 0.341 e. The van der Waals surface area contributed by atoms with Crippen LogP contribution in [-0.2, 0) is 0 Å². The summed E-state index contributed by atoms with van der Waals surface area (Å²) in [6.45, 7) is 0. The Morgan fingerprint density at radius 3 is 2.70 bits per heavy atom. The fourth-order valence-corrected chi connectivity index (χ4v) is 2.53. The maximum atomic E-state index is 13.3. The van der Waals surface area contributed by atoms with Gasteiger partial charge < -0.3 is 5.11 Å². The van der Waals surface area contributed by atoms with Crippen molar-refractivity contribution in [3.63, 3.8) is 0 Å². The Morgan fingerprint density at radius 1 is 1.30 bits per heavy atom. The first-order valence-corrected chi connectivity index (χ1v) is 7.00. The number of fused-ring (bicyclic) bond motifs is 1. The molecule has 0 aliphatic rings. The summed E-state index contributed by atoms with van der Waals surface area (Å²) in [4.78, 5) is 15.3. The number of aromatic carboxylic acids is 1. The van der Waals surface area contributed by atoms with Gasteiger partial charge in [0, 0.05) is 5.56 Å². The first-order chi connectivity index (χ1) is 10.9. The molecule has 0 aliphatic heterocycles. The van der Waals surface area contributed by atoms with Crippen LogP contribution in [0.1, 0.15) is 22.5 Å². The van der Waals surface area contributed by atoms with Gasteiger partial charge in [-0.25, -0.2) is 23.1 Å². The van der Waals surface area contributed by atoms with Crippen molar-refractivity contribution < 1.29 is 18.7 Å². The van der Waals surface area contributed by atoms with Crippen molar-refractivity contribution in [3.05, 3.63) is 51.8 Å². The zero-order valence-electron chi connectivity index (χ0n) is 11.2. The Morgan fingerprint density at radius 2 is 2.04 bits per heavy atom. The van der Waals surface area contributed by atoms with Crippen molar-refractivity contribution in [2.45, 2.75) is 6.43 Å². The zero-order chi connectivity index (χ0) is 16.7. The lowest BCUT2D eigenvalue weighted by molar-refractivity contribution is 0.0698. The quantitative estimate of drug-likeness (QED) is 0.756. The van der Waals surface area contributed by atoms with Gasteiger partial charge in [-0.3, -0.25) is 0 Å². The molecule has 3 rings (SSSR count). The monoisotopic (exact) mass is 357 g/mol. The standard InChI is InChI=1S/C14H7Cl2F2N3O2/c15-8-3-1-2-6(11(8)16)9-4-10(12(17)18)21-13(20-9)7(5-19-21)14(22)23/h1-5,12H,(H,22,23). The Labute approximate surface area is 138 Å². The van der Waals surface area contributed by atoms with Crippen LogP contribution in [0.15, 0.2) is 30.5 Å². The van der Waals surface area contributed by atoms with Crippen molar-refractivity contribution in [1.82, 2.24) is 14.6 Å². The molecule has 0 saturated carbocycles. The van der Waals surface area contributed by atoms with E-state index in [0.717, 1.165) is 16.8 Å². The van der Waals surface area contributed by atoms with Crippen molar-refractivity contribution in [2.75, 3.05) is 0 Å². The largest absolute Gasteiger partial charge is 0.477 e. The molecule has 0 unspecified atom stereocenters. The number of aromatic nitrogens is 3. The minimum Gasteiger partial charge on any atom is -0.477 e. The summed E-state index contributed by atoms with van der Waals surface area (Å²) >= 11 is 12.0. The molecule has 0 fully saturated rings. The van der Waals surface area contributed by atoms with Gasteiger partial charge in [0.2, 0.25) is 0 Å². The molecule has 23 heavy (non-hydrogen) atoms. The lowest BCUT2D eigenvalue weighted by Gasteiger charge is -2.09. The summed E-state index contributed by atoms with van der Waals surface area (Å²) in [5.41, 5.74) is -0.564. The van der Waals surface area contributed by atoms with E-state index in [1.165, 1.54) is 0 Å². The summed E-state index contributed by atoms with van der Waals surface area (Å²) in [5, 5.41) is 13.2. The van der Waals surface area contributed by atoms with Crippen molar-refractivity contribution >= 4 is 34.8 Å². The number of carboxylic acid groups (broad SMARTS) is 1. The molecule has 0 bridgehead atoms. The number of halogens is 4. The number of hydrogen-bond donors (Lipinski definition) is 1. The highest BCUT2D eigenvalue weighted by Gasteiger charge is 2.22. The van der Waals surface area contributed by atoms with Crippen LogP contribution in [0.5, 0.6) is 0 Å². The van der Waals surface area contributed by atoms with E-state index in [1.807, 2.05) is 0 Å². The second-order valence-electron chi connectivity index (χ2n) is 4.57. The lowest BCUT2D eigenvalue weighted by atomic mass is 10.1. The van der Waals surface area contributed by atoms with E-state index in [1.54, 1.807) is 18.2 Å². The number of carboxylic acids is 1. The summed E-state index contributed by atoms with van der Waals surface area (Å²) in [7, 11) is 0. The summed E-state index contributed by atoms with van der Waals surface area (Å²) in [6, 6.07) is 5.79. The molecule has 2 aromatic heterocycles. The summed E-state index contributed by atoms with van der Waals surface area (Å²) in [5.74, 6) is -1.32. The number of alkyl halides is 2. The highest BCUT2D eigenvalue weighted by Crippen LogP contribution is 2.34. The van der Waals surface area contributed by atoms with E-state index in [4.69, 9.17) is 28.3 Å². The topological polar surface area (TPSA) is 67.5 Å². The molecule has 0 radical (unpaired) electrons. The minimum atomic E-state index is -2.88. The second kappa shape index (κ2) is 5.75. The van der Waals surface area contributed by atoms with Crippen LogP contribution in [0.25, 0.3) is 16.9 Å². The Balaban J connectivity index is 2.36. The predicted octanol–water partition coefficient (Wildman–Crippen LogP) is 4.34. The van der Waals surface area contributed by atoms with Crippen LogP contribution < -0.4 is 0 Å². The van der Waals surface area contributed by atoms with Gasteiger partial charge in [-0.1, -0.05) is 35.3 Å². The maximum absolute atomic E-state index is 13.3. The van der Waals surface area contributed by atoms with Gasteiger partial charge in [0.15, 0.2) is 5.65 Å². The van der Waals surface area contributed by atoms with Gasteiger partial charge >= 0.3 is 5.97 Å². The number of carbonyl (C=O) groups is 1. The van der Waals surface area contributed by atoms with Gasteiger partial charge in [0.25, 0.3) is 6.43 Å². The molecule has 0 amide bonds. The van der Waals surface area contributed by atoms with E-state index in [2.05, 4.69) is 10.1 Å². The van der Waals surface area contributed by atoms with Gasteiger partial charge in [0.1, 0.15) is 11.3 Å². The van der Waals surface area contributed by atoms with Crippen LogP contribution in [-0.4, -0.2) is 25.7 Å². The number of benzene rings is 1. The van der Waals surface area contributed by atoms with Crippen LogP contribution in [0.4, 0.5) is 8.78 Å². The third-order valence-corrected chi connectivity index (χ3v) is 4.00. The van der Waals surface area contributed by atoms with E-state index < -0.39 is 18.1 Å². The first-order valence-electron chi connectivity index (χ1n) is 6.24. The molecular weight excluding hydrogens is 351 g/mol.